The van der Waals surface area contributed by atoms with Crippen molar-refractivity contribution in [2.45, 2.75) is 32.9 Å². The van der Waals surface area contributed by atoms with E-state index in [-0.39, 0.29) is 36.0 Å². The average Bonchev–Trinajstić information content (AvgIpc) is 3.33. The molecule has 0 radical (unpaired) electrons. The number of carbonyl (C=O) groups excluding carboxylic acids is 2. The molecule has 2 aliphatic rings. The molecule has 2 N–H and O–H groups in total. The van der Waals surface area contributed by atoms with Crippen LogP contribution in [-0.2, 0) is 9.53 Å². The zero-order chi connectivity index (χ0) is 27.0. The second kappa shape index (κ2) is 10.1. The number of aromatic nitrogens is 4. The molecule has 1 aromatic carbocycles. The number of pyridine rings is 1. The van der Waals surface area contributed by atoms with E-state index in [0.717, 1.165) is 16.6 Å². The molecular formula is C26H30N8O4. The summed E-state index contributed by atoms with van der Waals surface area (Å²) >= 11 is 0. The van der Waals surface area contributed by atoms with Crippen molar-refractivity contribution >= 4 is 40.5 Å². The highest BCUT2D eigenvalue weighted by Crippen LogP contribution is 2.26. The van der Waals surface area contributed by atoms with Crippen LogP contribution in [0.4, 0.5) is 22.4 Å². The van der Waals surface area contributed by atoms with E-state index >= 15 is 0 Å². The van der Waals surface area contributed by atoms with Crippen molar-refractivity contribution in [1.82, 2.24) is 24.8 Å². The van der Waals surface area contributed by atoms with Crippen molar-refractivity contribution in [3.05, 3.63) is 58.7 Å². The number of rotatable bonds is 6. The number of benzene rings is 1. The number of anilines is 3. The van der Waals surface area contributed by atoms with E-state index in [1.54, 1.807) is 6.92 Å². The summed E-state index contributed by atoms with van der Waals surface area (Å²) in [4.78, 5) is 58.3. The molecule has 2 aliphatic heterocycles. The van der Waals surface area contributed by atoms with Gasteiger partial charge in [0.15, 0.2) is 0 Å². The molecule has 12 heteroatoms. The Bertz CT molecular complexity index is 1470. The number of carbonyl (C=O) groups is 2. The molecule has 2 atom stereocenters. The van der Waals surface area contributed by atoms with E-state index in [0.29, 0.717) is 37.6 Å². The number of nitrogens with zero attached hydrogens (tertiary/aromatic N) is 6. The van der Waals surface area contributed by atoms with Crippen LogP contribution in [0.5, 0.6) is 0 Å². The molecule has 198 valence electrons. The van der Waals surface area contributed by atoms with Gasteiger partial charge in [-0.3, -0.25) is 9.59 Å². The maximum absolute atomic E-state index is 12.9. The summed E-state index contributed by atoms with van der Waals surface area (Å²) in [6, 6.07) is 7.41. The first-order valence-corrected chi connectivity index (χ1v) is 12.5. The number of aromatic amines is 1. The van der Waals surface area contributed by atoms with Crippen molar-refractivity contribution in [3.63, 3.8) is 0 Å². The lowest BCUT2D eigenvalue weighted by Gasteiger charge is -2.40. The number of aryl methyl sites for hydroxylation is 1. The predicted octanol–water partition coefficient (Wildman–Crippen LogP) is 2.37. The van der Waals surface area contributed by atoms with Crippen molar-refractivity contribution in [3.8, 4) is 0 Å². The Hall–Kier alpha value is -4.48. The molecule has 38 heavy (non-hydrogen) atoms. The second-order valence-electron chi connectivity index (χ2n) is 9.49. The first-order chi connectivity index (χ1) is 18.2. The summed E-state index contributed by atoms with van der Waals surface area (Å²) in [5, 5.41) is 4.06. The lowest BCUT2D eigenvalue weighted by molar-refractivity contribution is -0.128. The number of hydrogen-bond donors (Lipinski definition) is 2. The molecule has 12 nitrogen and oxygen atoms in total. The monoisotopic (exact) mass is 518 g/mol. The van der Waals surface area contributed by atoms with Gasteiger partial charge in [0, 0.05) is 47.8 Å². The van der Waals surface area contributed by atoms with Gasteiger partial charge in [0.2, 0.25) is 17.8 Å². The normalized spacial score (nSPS) is 18.4. The van der Waals surface area contributed by atoms with Gasteiger partial charge in [0.1, 0.15) is 12.4 Å². The van der Waals surface area contributed by atoms with Crippen LogP contribution in [0, 0.1) is 6.92 Å². The summed E-state index contributed by atoms with van der Waals surface area (Å²) in [7, 11) is 0. The molecule has 0 unspecified atom stereocenters. The van der Waals surface area contributed by atoms with E-state index in [1.807, 2.05) is 43.0 Å². The van der Waals surface area contributed by atoms with Crippen LogP contribution in [0.3, 0.4) is 0 Å². The molecule has 5 rings (SSSR count). The first kappa shape index (κ1) is 25.2. The minimum atomic E-state index is -0.500. The fraction of sp³-hybridized carbons (Fsp3) is 0.385. The number of cyclic esters (lactones) is 1. The topological polar surface area (TPSA) is 137 Å². The molecule has 0 bridgehead atoms. The summed E-state index contributed by atoms with van der Waals surface area (Å²) in [6.45, 7) is 11.8. The smallest absolute Gasteiger partial charge is 0.416 e. The zero-order valence-corrected chi connectivity index (χ0v) is 21.6. The van der Waals surface area contributed by atoms with Crippen molar-refractivity contribution in [2.24, 2.45) is 0 Å². The SMILES string of the molecule is C=CC(=O)N1CCN(c2ccc3[nH]c(=O)c([C@H](C)Nc4nc(C)nc(N5CCOC5=O)n4)cc3c2)C[C@H]1C. The van der Waals surface area contributed by atoms with E-state index in [4.69, 9.17) is 4.74 Å². The predicted molar refractivity (Wildman–Crippen MR) is 143 cm³/mol. The molecule has 2 saturated heterocycles. The third-order valence-electron chi connectivity index (χ3n) is 6.86. The van der Waals surface area contributed by atoms with Crippen molar-refractivity contribution in [1.29, 1.82) is 0 Å². The number of fused-ring (bicyclic) bond motifs is 1. The van der Waals surface area contributed by atoms with E-state index in [9.17, 15) is 14.4 Å². The Morgan fingerprint density at radius 3 is 2.74 bits per heavy atom. The van der Waals surface area contributed by atoms with Crippen molar-refractivity contribution < 1.29 is 14.3 Å². The summed E-state index contributed by atoms with van der Waals surface area (Å²) in [6.07, 6.45) is 0.855. The Morgan fingerprint density at radius 2 is 2.03 bits per heavy atom. The van der Waals surface area contributed by atoms with Gasteiger partial charge < -0.3 is 24.8 Å². The van der Waals surface area contributed by atoms with Gasteiger partial charge in [-0.1, -0.05) is 6.58 Å². The average molecular weight is 519 g/mol. The van der Waals surface area contributed by atoms with Gasteiger partial charge in [-0.2, -0.15) is 15.0 Å². The van der Waals surface area contributed by atoms with E-state index in [1.165, 1.54) is 11.0 Å². The Labute approximate surface area is 219 Å². The van der Waals surface area contributed by atoms with E-state index in [2.05, 4.69) is 36.7 Å². The summed E-state index contributed by atoms with van der Waals surface area (Å²) < 4.78 is 4.98. The number of hydrogen-bond acceptors (Lipinski definition) is 9. The largest absolute Gasteiger partial charge is 0.447 e. The number of ether oxygens (including phenoxy) is 1. The highest BCUT2D eigenvalue weighted by molar-refractivity contribution is 5.88. The Morgan fingerprint density at radius 1 is 1.21 bits per heavy atom. The molecule has 0 spiro atoms. The van der Waals surface area contributed by atoms with E-state index < -0.39 is 12.1 Å². The second-order valence-corrected chi connectivity index (χ2v) is 9.49. The minimum absolute atomic E-state index is 0.0523. The quantitative estimate of drug-likeness (QED) is 0.471. The zero-order valence-electron chi connectivity index (χ0n) is 21.6. The highest BCUT2D eigenvalue weighted by atomic mass is 16.6. The number of H-pyrrole nitrogens is 1. The van der Waals surface area contributed by atoms with Gasteiger partial charge in [-0.05, 0) is 51.1 Å². The van der Waals surface area contributed by atoms with Crippen LogP contribution in [-0.4, -0.2) is 75.7 Å². The fourth-order valence-corrected chi connectivity index (χ4v) is 4.87. The highest BCUT2D eigenvalue weighted by Gasteiger charge is 2.28. The fourth-order valence-electron chi connectivity index (χ4n) is 4.87. The maximum Gasteiger partial charge on any atom is 0.416 e. The van der Waals surface area contributed by atoms with Crippen LogP contribution >= 0.6 is 0 Å². The number of piperazine rings is 1. The molecule has 4 heterocycles. The third-order valence-corrected chi connectivity index (χ3v) is 6.86. The van der Waals surface area contributed by atoms with Crippen LogP contribution in [0.15, 0.2) is 41.7 Å². The van der Waals surface area contributed by atoms with Gasteiger partial charge in [0.25, 0.3) is 5.56 Å². The van der Waals surface area contributed by atoms with Gasteiger partial charge in [-0.15, -0.1) is 0 Å². The molecule has 2 amide bonds. The minimum Gasteiger partial charge on any atom is -0.447 e. The van der Waals surface area contributed by atoms with Crippen LogP contribution in [0.25, 0.3) is 10.9 Å². The summed E-state index contributed by atoms with van der Waals surface area (Å²) in [5.74, 6) is 0.843. The molecule has 0 saturated carbocycles. The van der Waals surface area contributed by atoms with Gasteiger partial charge >= 0.3 is 6.09 Å². The molecule has 2 aromatic heterocycles. The molecule has 0 aliphatic carbocycles. The number of amides is 2. The molecular weight excluding hydrogens is 488 g/mol. The van der Waals surface area contributed by atoms with Crippen LogP contribution < -0.4 is 20.7 Å². The molecule has 3 aromatic rings. The van der Waals surface area contributed by atoms with Gasteiger partial charge in [0.05, 0.1) is 12.6 Å². The number of nitrogens with one attached hydrogen (secondary N) is 2. The Kier molecular flexibility index (Phi) is 6.70. The van der Waals surface area contributed by atoms with Crippen LogP contribution in [0.2, 0.25) is 0 Å². The lowest BCUT2D eigenvalue weighted by Crippen LogP contribution is -2.53. The lowest BCUT2D eigenvalue weighted by atomic mass is 10.1. The first-order valence-electron chi connectivity index (χ1n) is 12.5. The maximum atomic E-state index is 12.9. The molecule has 2 fully saturated rings. The Balaban J connectivity index is 1.38. The van der Waals surface area contributed by atoms with Crippen LogP contribution in [0.1, 0.15) is 31.3 Å². The summed E-state index contributed by atoms with van der Waals surface area (Å²) in [5.41, 5.74) is 2.05. The van der Waals surface area contributed by atoms with Gasteiger partial charge in [-0.25, -0.2) is 9.69 Å². The van der Waals surface area contributed by atoms with Crippen molar-refractivity contribution in [2.75, 3.05) is 47.9 Å². The standard InChI is InChI=1S/C26H30N8O4/c1-5-22(35)33-9-8-32(14-15(33)2)19-6-7-21-18(12-19)13-20(23(36)30-21)16(3)27-24-28-17(4)29-25(31-24)34-10-11-38-26(34)37/h5-7,12-13,15-16H,1,8-11,14H2,2-4H3,(H,30,36)(H,27,28,29,31)/t15-,16+/m1/s1. The third kappa shape index (κ3) is 4.89.